The van der Waals surface area contributed by atoms with E-state index in [1.807, 2.05) is 0 Å². The highest BCUT2D eigenvalue weighted by Gasteiger charge is 2.15. The molecule has 0 rings (SSSR count). The largest absolute Gasteiger partial charge is 0.383 e. The zero-order chi connectivity index (χ0) is 12.4. The number of nitrogens with zero attached hydrogens (tertiary/aromatic N) is 1. The average Bonchev–Trinajstić information content (AvgIpc) is 2.24. The Bertz CT molecular complexity index is 151. The third kappa shape index (κ3) is 7.20. The average molecular weight is 230 g/mol. The lowest BCUT2D eigenvalue weighted by Gasteiger charge is -2.30. The van der Waals surface area contributed by atoms with E-state index in [2.05, 4.69) is 37.9 Å². The summed E-state index contributed by atoms with van der Waals surface area (Å²) < 4.78 is 5.31. The smallest absolute Gasteiger partial charge is 0.0630 e. The Hall–Kier alpha value is -0.120. The summed E-state index contributed by atoms with van der Waals surface area (Å²) in [7, 11) is 1.79. The minimum Gasteiger partial charge on any atom is -0.383 e. The van der Waals surface area contributed by atoms with Gasteiger partial charge in [-0.05, 0) is 32.0 Å². The van der Waals surface area contributed by atoms with Gasteiger partial charge in [-0.1, -0.05) is 27.7 Å². The monoisotopic (exact) mass is 230 g/mol. The number of methoxy groups -OCH3 is 1. The normalized spacial score (nSPS) is 13.7. The van der Waals surface area contributed by atoms with Crippen LogP contribution < -0.4 is 5.32 Å². The van der Waals surface area contributed by atoms with Gasteiger partial charge in [0.15, 0.2) is 0 Å². The van der Waals surface area contributed by atoms with Crippen LogP contribution in [0.15, 0.2) is 0 Å². The Morgan fingerprint density at radius 1 is 1.19 bits per heavy atom. The highest BCUT2D eigenvalue weighted by molar-refractivity contribution is 4.73. The zero-order valence-electron chi connectivity index (χ0n) is 11.8. The van der Waals surface area contributed by atoms with Crippen LogP contribution in [0.25, 0.3) is 0 Å². The fourth-order valence-corrected chi connectivity index (χ4v) is 1.91. The van der Waals surface area contributed by atoms with E-state index in [-0.39, 0.29) is 0 Å². The summed E-state index contributed by atoms with van der Waals surface area (Å²) in [5.41, 5.74) is 0. The Labute approximate surface area is 102 Å². The fourth-order valence-electron chi connectivity index (χ4n) is 1.91. The van der Waals surface area contributed by atoms with Gasteiger partial charge in [0, 0.05) is 19.7 Å². The van der Waals surface area contributed by atoms with Crippen molar-refractivity contribution in [2.24, 2.45) is 5.92 Å². The zero-order valence-corrected chi connectivity index (χ0v) is 11.8. The van der Waals surface area contributed by atoms with E-state index in [0.29, 0.717) is 12.0 Å². The third-order valence-electron chi connectivity index (χ3n) is 2.73. The topological polar surface area (TPSA) is 24.5 Å². The van der Waals surface area contributed by atoms with E-state index in [1.165, 1.54) is 6.42 Å². The molecule has 0 saturated carbocycles. The van der Waals surface area contributed by atoms with Crippen molar-refractivity contribution in [3.63, 3.8) is 0 Å². The molecule has 0 aliphatic heterocycles. The van der Waals surface area contributed by atoms with Crippen molar-refractivity contribution in [1.29, 1.82) is 0 Å². The van der Waals surface area contributed by atoms with Gasteiger partial charge < -0.3 is 10.1 Å². The molecule has 0 heterocycles. The van der Waals surface area contributed by atoms with Crippen molar-refractivity contribution < 1.29 is 4.74 Å². The van der Waals surface area contributed by atoms with Gasteiger partial charge in [-0.15, -0.1) is 0 Å². The molecule has 0 saturated heterocycles. The summed E-state index contributed by atoms with van der Waals surface area (Å²) in [6, 6.07) is 0.508. The van der Waals surface area contributed by atoms with Crippen LogP contribution in [0.1, 0.15) is 34.1 Å². The number of rotatable bonds is 10. The summed E-state index contributed by atoms with van der Waals surface area (Å²) in [6.07, 6.45) is 1.21. The molecular weight excluding hydrogens is 200 g/mol. The Balaban J connectivity index is 4.01. The van der Waals surface area contributed by atoms with E-state index in [9.17, 15) is 0 Å². The van der Waals surface area contributed by atoms with E-state index >= 15 is 0 Å². The molecule has 0 spiro atoms. The minimum atomic E-state index is 0.508. The molecule has 0 aromatic carbocycles. The lowest BCUT2D eigenvalue weighted by molar-refractivity contribution is 0.0920. The molecule has 0 fully saturated rings. The van der Waals surface area contributed by atoms with Crippen molar-refractivity contribution in [1.82, 2.24) is 10.2 Å². The first-order chi connectivity index (χ1) is 7.65. The quantitative estimate of drug-likeness (QED) is 0.621. The summed E-state index contributed by atoms with van der Waals surface area (Å²) in [4.78, 5) is 2.50. The van der Waals surface area contributed by atoms with Gasteiger partial charge in [-0.3, -0.25) is 4.90 Å². The van der Waals surface area contributed by atoms with Crippen LogP contribution in [-0.4, -0.2) is 50.8 Å². The van der Waals surface area contributed by atoms with E-state index < -0.39 is 0 Å². The first-order valence-electron chi connectivity index (χ1n) is 6.59. The van der Waals surface area contributed by atoms with E-state index in [4.69, 9.17) is 4.74 Å². The number of ether oxygens (including phenoxy) is 1. The van der Waals surface area contributed by atoms with Gasteiger partial charge in [0.25, 0.3) is 0 Å². The summed E-state index contributed by atoms with van der Waals surface area (Å²) in [5, 5.41) is 3.52. The van der Waals surface area contributed by atoms with Crippen molar-refractivity contribution >= 4 is 0 Å². The SMILES string of the molecule is CCCN(CC)C(CNCC(C)C)COC. The van der Waals surface area contributed by atoms with Crippen LogP contribution in [0.2, 0.25) is 0 Å². The van der Waals surface area contributed by atoms with Crippen LogP contribution in [0.5, 0.6) is 0 Å². The van der Waals surface area contributed by atoms with Crippen LogP contribution in [-0.2, 0) is 4.74 Å². The maximum atomic E-state index is 5.31. The summed E-state index contributed by atoms with van der Waals surface area (Å²) in [5.74, 6) is 0.712. The minimum absolute atomic E-state index is 0.508. The van der Waals surface area contributed by atoms with Gasteiger partial charge in [-0.25, -0.2) is 0 Å². The lowest BCUT2D eigenvalue weighted by Crippen LogP contribution is -2.46. The van der Waals surface area contributed by atoms with Crippen LogP contribution >= 0.6 is 0 Å². The van der Waals surface area contributed by atoms with Crippen molar-refractivity contribution in [3.05, 3.63) is 0 Å². The Kier molecular flexibility index (Phi) is 9.99. The molecule has 16 heavy (non-hydrogen) atoms. The second-order valence-electron chi connectivity index (χ2n) is 4.79. The predicted molar refractivity (Wildman–Crippen MR) is 70.9 cm³/mol. The van der Waals surface area contributed by atoms with Crippen molar-refractivity contribution in [3.8, 4) is 0 Å². The molecule has 3 heteroatoms. The molecule has 0 aromatic rings. The predicted octanol–water partition coefficient (Wildman–Crippen LogP) is 1.98. The highest BCUT2D eigenvalue weighted by atomic mass is 16.5. The van der Waals surface area contributed by atoms with Crippen LogP contribution in [0.3, 0.4) is 0 Å². The molecule has 1 atom stereocenters. The number of hydrogen-bond donors (Lipinski definition) is 1. The maximum Gasteiger partial charge on any atom is 0.0630 e. The van der Waals surface area contributed by atoms with E-state index in [1.54, 1.807) is 7.11 Å². The summed E-state index contributed by atoms with van der Waals surface area (Å²) >= 11 is 0. The van der Waals surface area contributed by atoms with Gasteiger partial charge in [0.05, 0.1) is 6.61 Å². The van der Waals surface area contributed by atoms with Gasteiger partial charge in [0.1, 0.15) is 0 Å². The van der Waals surface area contributed by atoms with Crippen molar-refractivity contribution in [2.45, 2.75) is 40.2 Å². The molecule has 0 bridgehead atoms. The number of nitrogens with one attached hydrogen (secondary N) is 1. The Morgan fingerprint density at radius 3 is 2.31 bits per heavy atom. The standard InChI is InChI=1S/C13H30N2O/c1-6-8-15(7-2)13(11-16-5)10-14-9-12(3)4/h12-14H,6-11H2,1-5H3. The maximum absolute atomic E-state index is 5.31. The van der Waals surface area contributed by atoms with Crippen LogP contribution in [0.4, 0.5) is 0 Å². The van der Waals surface area contributed by atoms with Gasteiger partial charge in [-0.2, -0.15) is 0 Å². The molecule has 0 radical (unpaired) electrons. The fraction of sp³-hybridized carbons (Fsp3) is 1.00. The molecule has 1 unspecified atom stereocenters. The van der Waals surface area contributed by atoms with Crippen molar-refractivity contribution in [2.75, 3.05) is 39.9 Å². The Morgan fingerprint density at radius 2 is 1.88 bits per heavy atom. The molecule has 0 aliphatic carbocycles. The highest BCUT2D eigenvalue weighted by Crippen LogP contribution is 2.01. The molecular formula is C13H30N2O. The van der Waals surface area contributed by atoms with Crippen LogP contribution in [0, 0.1) is 5.92 Å². The molecule has 1 N–H and O–H groups in total. The second-order valence-corrected chi connectivity index (χ2v) is 4.79. The molecule has 0 aliphatic rings. The van der Waals surface area contributed by atoms with E-state index in [0.717, 1.165) is 32.8 Å². The first kappa shape index (κ1) is 15.9. The second kappa shape index (κ2) is 10.1. The van der Waals surface area contributed by atoms with Gasteiger partial charge >= 0.3 is 0 Å². The van der Waals surface area contributed by atoms with Gasteiger partial charge in [0.2, 0.25) is 0 Å². The molecule has 98 valence electrons. The molecule has 0 amide bonds. The lowest BCUT2D eigenvalue weighted by atomic mass is 10.2. The molecule has 0 aromatic heterocycles. The first-order valence-corrected chi connectivity index (χ1v) is 6.59. The number of likely N-dealkylation sites (N-methyl/N-ethyl adjacent to an activating group) is 1. The third-order valence-corrected chi connectivity index (χ3v) is 2.73. The summed E-state index contributed by atoms with van der Waals surface area (Å²) in [6.45, 7) is 14.1. The number of hydrogen-bond acceptors (Lipinski definition) is 3. The molecule has 3 nitrogen and oxygen atoms in total.